The molecule has 0 spiro atoms. The molecule has 2 aromatic carbocycles. The van der Waals surface area contributed by atoms with Crippen LogP contribution in [-0.4, -0.2) is 67.2 Å². The Morgan fingerprint density at radius 2 is 1.76 bits per heavy atom. The standard InChI is InChI=1S/C30H30F3N5O5S3/c1-30(2,3)29-36-27(19-5-4-6-21(26(19)33)37-46(42,43)23-17-18(31)7-8-20(23)32)28(44-29)22-11-12-34-24(35-22)9-10-25(39)38-13-15-45(40,41)16-14-38/h4-8,11-12,17,37H,9-10,13-16H2,1-3H3. The smallest absolute Gasteiger partial charge is 0.265 e. The van der Waals surface area contributed by atoms with E-state index in [0.29, 0.717) is 33.5 Å². The van der Waals surface area contributed by atoms with E-state index in [1.54, 1.807) is 6.07 Å². The van der Waals surface area contributed by atoms with Crippen molar-refractivity contribution in [3.63, 3.8) is 0 Å². The highest BCUT2D eigenvalue weighted by atomic mass is 32.2. The second-order valence-electron chi connectivity index (χ2n) is 11.7. The fourth-order valence-corrected chi connectivity index (χ4v) is 8.12. The SMILES string of the molecule is CC(C)(C)c1nc(-c2cccc(NS(=O)(=O)c3cc(F)ccc3F)c2F)c(-c2ccnc(CCC(=O)N3CCS(=O)(=O)CC3)n2)s1. The second-order valence-corrected chi connectivity index (χ2v) is 16.6. The average molecular weight is 694 g/mol. The molecule has 0 bridgehead atoms. The summed E-state index contributed by atoms with van der Waals surface area (Å²) in [6, 6.07) is 7.53. The first-order valence-electron chi connectivity index (χ1n) is 14.1. The Balaban J connectivity index is 1.46. The first-order chi connectivity index (χ1) is 21.5. The summed E-state index contributed by atoms with van der Waals surface area (Å²) in [5.41, 5.74) is -0.425. The number of sulfone groups is 1. The minimum Gasteiger partial charge on any atom is -0.341 e. The van der Waals surface area contributed by atoms with E-state index < -0.39 is 53.3 Å². The molecule has 10 nitrogen and oxygen atoms in total. The van der Waals surface area contributed by atoms with Crippen LogP contribution in [-0.2, 0) is 36.5 Å². The molecule has 0 unspecified atom stereocenters. The van der Waals surface area contributed by atoms with Crippen LogP contribution in [0.4, 0.5) is 18.9 Å². The summed E-state index contributed by atoms with van der Waals surface area (Å²) in [5, 5.41) is 0.639. The molecule has 1 saturated heterocycles. The summed E-state index contributed by atoms with van der Waals surface area (Å²) in [5.74, 6) is -3.19. The average Bonchev–Trinajstić information content (AvgIpc) is 3.44. The van der Waals surface area contributed by atoms with Crippen molar-refractivity contribution >= 4 is 42.8 Å². The molecule has 5 rings (SSSR count). The highest BCUT2D eigenvalue weighted by molar-refractivity contribution is 7.92. The van der Waals surface area contributed by atoms with Crippen LogP contribution in [0.3, 0.4) is 0 Å². The van der Waals surface area contributed by atoms with E-state index in [-0.39, 0.29) is 54.6 Å². The molecule has 4 aromatic rings. The molecule has 1 aliphatic rings. The number of amides is 1. The molecule has 1 N–H and O–H groups in total. The van der Waals surface area contributed by atoms with E-state index in [1.807, 2.05) is 25.5 Å². The molecular weight excluding hydrogens is 664 g/mol. The lowest BCUT2D eigenvalue weighted by Gasteiger charge is -2.26. The topological polar surface area (TPSA) is 139 Å². The van der Waals surface area contributed by atoms with Crippen LogP contribution >= 0.6 is 11.3 Å². The maximum Gasteiger partial charge on any atom is 0.265 e. The van der Waals surface area contributed by atoms with Gasteiger partial charge >= 0.3 is 0 Å². The number of thiazole rings is 1. The van der Waals surface area contributed by atoms with E-state index in [9.17, 15) is 30.4 Å². The van der Waals surface area contributed by atoms with E-state index in [2.05, 4.69) is 9.97 Å². The third-order valence-corrected chi connectivity index (χ3v) is 11.6. The number of sulfonamides is 1. The minimum atomic E-state index is -4.71. The van der Waals surface area contributed by atoms with Gasteiger partial charge in [-0.2, -0.15) is 0 Å². The van der Waals surface area contributed by atoms with E-state index in [1.165, 1.54) is 34.6 Å². The third kappa shape index (κ3) is 7.39. The van der Waals surface area contributed by atoms with Gasteiger partial charge in [-0.1, -0.05) is 26.8 Å². The normalized spacial score (nSPS) is 15.1. The molecule has 0 atom stereocenters. The van der Waals surface area contributed by atoms with Crippen LogP contribution in [0.2, 0.25) is 0 Å². The third-order valence-electron chi connectivity index (χ3n) is 7.15. The molecule has 46 heavy (non-hydrogen) atoms. The van der Waals surface area contributed by atoms with Crippen molar-refractivity contribution in [2.24, 2.45) is 0 Å². The van der Waals surface area contributed by atoms with Crippen molar-refractivity contribution in [3.05, 3.63) is 76.9 Å². The Kier molecular flexibility index (Phi) is 9.26. The van der Waals surface area contributed by atoms with Gasteiger partial charge in [-0.05, 0) is 36.4 Å². The number of benzene rings is 2. The molecule has 2 aromatic heterocycles. The molecule has 0 aliphatic carbocycles. The number of rotatable bonds is 8. The van der Waals surface area contributed by atoms with E-state index in [4.69, 9.17) is 4.98 Å². The first-order valence-corrected chi connectivity index (χ1v) is 18.2. The maximum absolute atomic E-state index is 16.1. The number of carbonyl (C=O) groups excluding carboxylic acids is 1. The molecule has 0 saturated carbocycles. The highest BCUT2D eigenvalue weighted by Gasteiger charge is 2.28. The lowest BCUT2D eigenvalue weighted by atomic mass is 9.98. The second kappa shape index (κ2) is 12.7. The van der Waals surface area contributed by atoms with Crippen molar-refractivity contribution < 1.29 is 34.8 Å². The Labute approximate surface area is 268 Å². The van der Waals surface area contributed by atoms with Gasteiger partial charge in [0.25, 0.3) is 10.0 Å². The number of hydrogen-bond acceptors (Lipinski definition) is 9. The van der Waals surface area contributed by atoms with Crippen molar-refractivity contribution in [1.82, 2.24) is 19.9 Å². The van der Waals surface area contributed by atoms with Crippen molar-refractivity contribution in [3.8, 4) is 21.8 Å². The minimum absolute atomic E-state index is 0.0583. The predicted octanol–water partition coefficient (Wildman–Crippen LogP) is 4.97. The quantitative estimate of drug-likeness (QED) is 0.273. The van der Waals surface area contributed by atoms with Crippen LogP contribution in [0.15, 0.2) is 53.6 Å². The summed E-state index contributed by atoms with van der Waals surface area (Å²) >= 11 is 1.27. The van der Waals surface area contributed by atoms with Gasteiger partial charge in [0.1, 0.15) is 22.4 Å². The Morgan fingerprint density at radius 1 is 1.04 bits per heavy atom. The number of halogens is 3. The summed E-state index contributed by atoms with van der Waals surface area (Å²) in [6.45, 7) is 6.06. The largest absolute Gasteiger partial charge is 0.341 e. The van der Waals surface area contributed by atoms with Gasteiger partial charge in [0.15, 0.2) is 15.7 Å². The Bertz CT molecular complexity index is 2020. The van der Waals surface area contributed by atoms with Crippen LogP contribution in [0.1, 0.15) is 38.0 Å². The van der Waals surface area contributed by atoms with Gasteiger partial charge in [0.2, 0.25) is 5.91 Å². The summed E-state index contributed by atoms with van der Waals surface area (Å²) in [4.78, 5) is 27.3. The molecule has 3 heterocycles. The number of nitrogens with zero attached hydrogens (tertiary/aromatic N) is 4. The number of carbonyl (C=O) groups is 1. The number of hydrogen-bond donors (Lipinski definition) is 1. The lowest BCUT2D eigenvalue weighted by molar-refractivity contribution is -0.130. The Hall–Kier alpha value is -3.89. The molecule has 16 heteroatoms. The molecular formula is C30H30F3N5O5S3. The number of aromatic nitrogens is 3. The van der Waals surface area contributed by atoms with E-state index >= 15 is 4.39 Å². The van der Waals surface area contributed by atoms with Crippen LogP contribution in [0.25, 0.3) is 21.8 Å². The van der Waals surface area contributed by atoms with Gasteiger partial charge in [-0.3, -0.25) is 9.52 Å². The van der Waals surface area contributed by atoms with E-state index in [0.717, 1.165) is 12.1 Å². The molecule has 1 fully saturated rings. The fraction of sp³-hybridized carbons (Fsp3) is 0.333. The summed E-state index contributed by atoms with van der Waals surface area (Å²) in [6.07, 6.45) is 1.75. The first kappa shape index (κ1) is 33.5. The van der Waals surface area contributed by atoms with Gasteiger partial charge < -0.3 is 4.90 Å². The zero-order chi connectivity index (χ0) is 33.4. The van der Waals surface area contributed by atoms with Gasteiger partial charge in [0, 0.05) is 43.1 Å². The number of anilines is 1. The monoisotopic (exact) mass is 693 g/mol. The van der Waals surface area contributed by atoms with Crippen molar-refractivity contribution in [1.29, 1.82) is 0 Å². The molecule has 0 radical (unpaired) electrons. The number of aryl methyl sites for hydroxylation is 1. The van der Waals surface area contributed by atoms with Gasteiger partial charge in [-0.15, -0.1) is 11.3 Å². The summed E-state index contributed by atoms with van der Waals surface area (Å²) in [7, 11) is -7.84. The van der Waals surface area contributed by atoms with Crippen LogP contribution in [0.5, 0.6) is 0 Å². The zero-order valence-electron chi connectivity index (χ0n) is 25.1. The maximum atomic E-state index is 16.1. The lowest BCUT2D eigenvalue weighted by Crippen LogP contribution is -2.43. The highest BCUT2D eigenvalue weighted by Crippen LogP contribution is 2.42. The number of nitrogens with one attached hydrogen (secondary N) is 1. The van der Waals surface area contributed by atoms with Gasteiger partial charge in [0.05, 0.1) is 38.5 Å². The molecule has 1 aliphatic heterocycles. The van der Waals surface area contributed by atoms with Crippen molar-refractivity contribution in [2.75, 3.05) is 29.3 Å². The molecule has 1 amide bonds. The Morgan fingerprint density at radius 3 is 2.46 bits per heavy atom. The fourth-order valence-electron chi connectivity index (χ4n) is 4.66. The van der Waals surface area contributed by atoms with Crippen molar-refractivity contribution in [2.45, 2.75) is 43.9 Å². The van der Waals surface area contributed by atoms with Gasteiger partial charge in [-0.25, -0.2) is 45.0 Å². The summed E-state index contributed by atoms with van der Waals surface area (Å²) < 4.78 is 95.3. The predicted molar refractivity (Wildman–Crippen MR) is 168 cm³/mol. The van der Waals surface area contributed by atoms with Crippen LogP contribution in [0, 0.1) is 17.5 Å². The van der Waals surface area contributed by atoms with Crippen LogP contribution < -0.4 is 4.72 Å². The zero-order valence-corrected chi connectivity index (χ0v) is 27.5. The molecule has 244 valence electrons.